The third-order valence-corrected chi connectivity index (χ3v) is 6.87. The number of nitrogens with zero attached hydrogens (tertiary/aromatic N) is 1. The fourth-order valence-electron chi connectivity index (χ4n) is 4.18. The lowest BCUT2D eigenvalue weighted by Crippen LogP contribution is -2.54. The predicted octanol–water partition coefficient (Wildman–Crippen LogP) is 2.62. The Morgan fingerprint density at radius 1 is 1.37 bits per heavy atom. The molecule has 1 aliphatic rings. The first-order valence-corrected chi connectivity index (χ1v) is 13.1. The number of allylic oxidation sites excluding steroid dienone is 1. The van der Waals surface area contributed by atoms with E-state index in [-0.39, 0.29) is 49.9 Å². The lowest BCUT2D eigenvalue weighted by molar-refractivity contribution is -0.139. The number of ether oxygens (including phenoxy) is 2. The summed E-state index contributed by atoms with van der Waals surface area (Å²) in [6.45, 7) is 3.64. The first-order chi connectivity index (χ1) is 18.3. The number of aliphatic hydroxyl groups is 2. The molecule has 204 valence electrons. The SMILES string of the molecule is C=CCCC(=O)N(Cc1ccoc1)C1CC(C(=O)NCCO)=CC(Oc2c(I)cc(C=O)cc2OC)C1O. The topological polar surface area (TPSA) is 139 Å². The van der Waals surface area contributed by atoms with Crippen molar-refractivity contribution in [2.24, 2.45) is 0 Å². The van der Waals surface area contributed by atoms with Crippen LogP contribution in [0.2, 0.25) is 0 Å². The molecule has 0 fully saturated rings. The van der Waals surface area contributed by atoms with Crippen LogP contribution < -0.4 is 14.8 Å². The van der Waals surface area contributed by atoms with E-state index < -0.39 is 24.2 Å². The van der Waals surface area contributed by atoms with Crippen LogP contribution in [0.3, 0.4) is 0 Å². The highest BCUT2D eigenvalue weighted by atomic mass is 127. The lowest BCUT2D eigenvalue weighted by atomic mass is 9.87. The first kappa shape index (κ1) is 29.4. The van der Waals surface area contributed by atoms with E-state index >= 15 is 0 Å². The Labute approximate surface area is 234 Å². The van der Waals surface area contributed by atoms with Crippen molar-refractivity contribution < 1.29 is 38.5 Å². The summed E-state index contributed by atoms with van der Waals surface area (Å²) in [5, 5.41) is 23.3. The minimum atomic E-state index is -1.21. The van der Waals surface area contributed by atoms with Crippen LogP contribution in [-0.4, -0.2) is 71.7 Å². The smallest absolute Gasteiger partial charge is 0.247 e. The number of nitrogens with one attached hydrogen (secondary N) is 1. The highest BCUT2D eigenvalue weighted by molar-refractivity contribution is 14.1. The van der Waals surface area contributed by atoms with Crippen molar-refractivity contribution in [1.82, 2.24) is 10.2 Å². The van der Waals surface area contributed by atoms with Crippen LogP contribution in [-0.2, 0) is 16.1 Å². The van der Waals surface area contributed by atoms with Gasteiger partial charge in [-0.1, -0.05) is 6.08 Å². The Morgan fingerprint density at radius 3 is 2.79 bits per heavy atom. The molecular formula is C27H31IN2O8. The maximum Gasteiger partial charge on any atom is 0.247 e. The zero-order valence-electron chi connectivity index (χ0n) is 21.0. The van der Waals surface area contributed by atoms with E-state index in [4.69, 9.17) is 19.0 Å². The second-order valence-electron chi connectivity index (χ2n) is 8.65. The van der Waals surface area contributed by atoms with Gasteiger partial charge in [-0.25, -0.2) is 0 Å². The van der Waals surface area contributed by atoms with Crippen LogP contribution in [0, 0.1) is 3.57 Å². The Hall–Kier alpha value is -3.16. The first-order valence-electron chi connectivity index (χ1n) is 12.0. The number of furan rings is 1. The number of halogens is 1. The van der Waals surface area contributed by atoms with Gasteiger partial charge in [-0.3, -0.25) is 14.4 Å². The van der Waals surface area contributed by atoms with Crippen molar-refractivity contribution in [1.29, 1.82) is 0 Å². The third kappa shape index (κ3) is 7.23. The summed E-state index contributed by atoms with van der Waals surface area (Å²) in [6.07, 6.45) is 5.29. The lowest BCUT2D eigenvalue weighted by Gasteiger charge is -2.40. The molecule has 1 aromatic carbocycles. The Morgan fingerprint density at radius 2 is 2.16 bits per heavy atom. The average molecular weight is 638 g/mol. The molecule has 0 saturated carbocycles. The van der Waals surface area contributed by atoms with Crippen LogP contribution in [0.25, 0.3) is 0 Å². The molecule has 10 nitrogen and oxygen atoms in total. The Balaban J connectivity index is 2.02. The number of aliphatic hydroxyl groups excluding tert-OH is 2. The molecule has 2 amide bonds. The van der Waals surface area contributed by atoms with Crippen LogP contribution in [0.1, 0.15) is 35.2 Å². The van der Waals surface area contributed by atoms with Gasteiger partial charge in [0.05, 0.1) is 35.9 Å². The fraction of sp³-hybridized carbons (Fsp3) is 0.370. The summed E-state index contributed by atoms with van der Waals surface area (Å²) in [5.74, 6) is -0.0998. The molecule has 3 atom stereocenters. The van der Waals surface area contributed by atoms with Gasteiger partial charge in [-0.2, -0.15) is 0 Å². The van der Waals surface area contributed by atoms with Gasteiger partial charge in [0.1, 0.15) is 18.5 Å². The molecule has 2 aromatic rings. The summed E-state index contributed by atoms with van der Waals surface area (Å²) in [7, 11) is 1.43. The van der Waals surface area contributed by atoms with Crippen molar-refractivity contribution in [2.75, 3.05) is 20.3 Å². The summed E-state index contributed by atoms with van der Waals surface area (Å²) < 4.78 is 17.4. The summed E-state index contributed by atoms with van der Waals surface area (Å²) in [5.41, 5.74) is 1.41. The molecule has 3 unspecified atom stereocenters. The van der Waals surface area contributed by atoms with E-state index in [1.807, 2.05) is 22.6 Å². The molecule has 0 saturated heterocycles. The van der Waals surface area contributed by atoms with Crippen LogP contribution in [0.15, 0.2) is 59.4 Å². The maximum atomic E-state index is 13.3. The van der Waals surface area contributed by atoms with Gasteiger partial charge in [0, 0.05) is 42.6 Å². The van der Waals surface area contributed by atoms with E-state index in [0.29, 0.717) is 27.4 Å². The van der Waals surface area contributed by atoms with Gasteiger partial charge in [0.2, 0.25) is 11.8 Å². The molecule has 0 bridgehead atoms. The predicted molar refractivity (Wildman–Crippen MR) is 147 cm³/mol. The van der Waals surface area contributed by atoms with Crippen molar-refractivity contribution in [3.8, 4) is 11.5 Å². The molecule has 1 heterocycles. The molecule has 3 rings (SSSR count). The molecular weight excluding hydrogens is 607 g/mol. The Bertz CT molecular complexity index is 1160. The summed E-state index contributed by atoms with van der Waals surface area (Å²) in [4.78, 5) is 39.1. The minimum absolute atomic E-state index is 0.0464. The monoisotopic (exact) mass is 638 g/mol. The molecule has 0 spiro atoms. The van der Waals surface area contributed by atoms with Gasteiger partial charge in [-0.15, -0.1) is 6.58 Å². The van der Waals surface area contributed by atoms with E-state index in [9.17, 15) is 19.5 Å². The standard InChI is InChI=1S/C27H31IN2O8/c1-3-4-5-24(33)30(14-17-6-9-37-16-17)21-12-19(27(35)29-7-8-31)13-22(25(21)34)38-26-20(28)10-18(15-32)11-23(26)36-2/h3,6,9-11,13,15-16,21-22,25,31,34H,1,4-5,7-8,12,14H2,2H3,(H,29,35). The van der Waals surface area contributed by atoms with Crippen molar-refractivity contribution in [3.63, 3.8) is 0 Å². The van der Waals surface area contributed by atoms with Crippen molar-refractivity contribution >= 4 is 40.7 Å². The van der Waals surface area contributed by atoms with Gasteiger partial charge in [0.25, 0.3) is 0 Å². The second kappa shape index (κ2) is 14.1. The van der Waals surface area contributed by atoms with Crippen LogP contribution >= 0.6 is 22.6 Å². The number of amides is 2. The number of hydrogen-bond acceptors (Lipinski definition) is 8. The van der Waals surface area contributed by atoms with E-state index in [1.54, 1.807) is 18.2 Å². The number of hydrogen-bond donors (Lipinski definition) is 3. The van der Waals surface area contributed by atoms with E-state index in [2.05, 4.69) is 11.9 Å². The second-order valence-corrected chi connectivity index (χ2v) is 9.81. The summed E-state index contributed by atoms with van der Waals surface area (Å²) >= 11 is 2.00. The molecule has 38 heavy (non-hydrogen) atoms. The number of carbonyl (C=O) groups is 3. The molecule has 11 heteroatoms. The number of benzene rings is 1. The molecule has 3 N–H and O–H groups in total. The van der Waals surface area contributed by atoms with Gasteiger partial charge < -0.3 is 34.3 Å². The quantitative estimate of drug-likeness (QED) is 0.173. The van der Waals surface area contributed by atoms with Gasteiger partial charge in [0.15, 0.2) is 11.5 Å². The van der Waals surface area contributed by atoms with Gasteiger partial charge >= 0.3 is 0 Å². The number of aldehydes is 1. The minimum Gasteiger partial charge on any atom is -0.493 e. The molecule has 0 radical (unpaired) electrons. The van der Waals surface area contributed by atoms with Crippen molar-refractivity contribution in [2.45, 2.75) is 44.1 Å². The number of carbonyl (C=O) groups excluding carboxylic acids is 3. The normalized spacial score (nSPS) is 18.7. The van der Waals surface area contributed by atoms with Gasteiger partial charge in [-0.05, 0) is 53.3 Å². The van der Waals surface area contributed by atoms with Crippen LogP contribution in [0.4, 0.5) is 0 Å². The Kier molecular flexibility index (Phi) is 10.9. The molecule has 0 aliphatic heterocycles. The highest BCUT2D eigenvalue weighted by Crippen LogP contribution is 2.37. The molecule has 1 aliphatic carbocycles. The third-order valence-electron chi connectivity index (χ3n) is 6.07. The largest absolute Gasteiger partial charge is 0.493 e. The fourth-order valence-corrected chi connectivity index (χ4v) is 4.93. The van der Waals surface area contributed by atoms with E-state index in [0.717, 1.165) is 5.56 Å². The average Bonchev–Trinajstić information content (AvgIpc) is 3.44. The van der Waals surface area contributed by atoms with Crippen molar-refractivity contribution in [3.05, 3.63) is 69.7 Å². The highest BCUT2D eigenvalue weighted by Gasteiger charge is 2.41. The number of rotatable bonds is 13. The molecule has 1 aromatic heterocycles. The van der Waals surface area contributed by atoms with Crippen LogP contribution in [0.5, 0.6) is 11.5 Å². The van der Waals surface area contributed by atoms with E-state index in [1.165, 1.54) is 36.7 Å². The summed E-state index contributed by atoms with van der Waals surface area (Å²) in [6, 6.07) is 4.04. The zero-order valence-corrected chi connectivity index (χ0v) is 23.1. The zero-order chi connectivity index (χ0) is 27.7. The maximum absolute atomic E-state index is 13.3. The number of methoxy groups -OCH3 is 1.